The van der Waals surface area contributed by atoms with Gasteiger partial charge in [-0.15, -0.1) is 0 Å². The highest BCUT2D eigenvalue weighted by Gasteiger charge is 2.38. The minimum absolute atomic E-state index is 0.238. The fraction of sp³-hybridized carbons (Fsp3) is 0.476. The number of aliphatic hydroxyl groups excluding tert-OH is 1. The third kappa shape index (κ3) is 5.92. The molecule has 10 heteroatoms. The van der Waals surface area contributed by atoms with Gasteiger partial charge in [-0.3, -0.25) is 0 Å². The van der Waals surface area contributed by atoms with Crippen molar-refractivity contribution in [1.82, 2.24) is 15.3 Å². The lowest BCUT2D eigenvalue weighted by molar-refractivity contribution is -0.192. The van der Waals surface area contributed by atoms with Crippen LogP contribution in [-0.2, 0) is 4.79 Å². The number of nitrogens with zero attached hydrogens (tertiary/aromatic N) is 3. The van der Waals surface area contributed by atoms with E-state index in [2.05, 4.69) is 39.5 Å². The van der Waals surface area contributed by atoms with Gasteiger partial charge in [0.2, 0.25) is 5.95 Å². The Morgan fingerprint density at radius 3 is 2.42 bits per heavy atom. The van der Waals surface area contributed by atoms with E-state index in [4.69, 9.17) is 14.9 Å². The van der Waals surface area contributed by atoms with Gasteiger partial charge >= 0.3 is 12.1 Å². The summed E-state index contributed by atoms with van der Waals surface area (Å²) in [5.41, 5.74) is 2.43. The van der Waals surface area contributed by atoms with Gasteiger partial charge in [-0.05, 0) is 24.0 Å². The van der Waals surface area contributed by atoms with Gasteiger partial charge < -0.3 is 20.4 Å². The molecular weight excluding hydrogens is 413 g/mol. The molecule has 2 aliphatic heterocycles. The first-order chi connectivity index (χ1) is 14.8. The van der Waals surface area contributed by atoms with E-state index in [0.717, 1.165) is 44.2 Å². The van der Waals surface area contributed by atoms with Gasteiger partial charge in [0.25, 0.3) is 0 Å². The molecule has 7 nitrogen and oxygen atoms in total. The van der Waals surface area contributed by atoms with Crippen LogP contribution in [0.1, 0.15) is 29.5 Å². The van der Waals surface area contributed by atoms with Gasteiger partial charge in [0.15, 0.2) is 0 Å². The average molecular weight is 438 g/mol. The minimum Gasteiger partial charge on any atom is -0.475 e. The molecule has 2 fully saturated rings. The predicted molar refractivity (Wildman–Crippen MR) is 108 cm³/mol. The molecule has 0 amide bonds. The highest BCUT2D eigenvalue weighted by Crippen LogP contribution is 2.33. The molecule has 1 aromatic carbocycles. The Morgan fingerprint density at radius 1 is 1.19 bits per heavy atom. The van der Waals surface area contributed by atoms with Gasteiger partial charge in [-0.1, -0.05) is 30.3 Å². The molecule has 168 valence electrons. The number of carboxylic acid groups (broad SMARTS) is 1. The van der Waals surface area contributed by atoms with E-state index in [1.165, 1.54) is 5.56 Å². The zero-order chi connectivity index (χ0) is 22.4. The first kappa shape index (κ1) is 23.0. The van der Waals surface area contributed by atoms with E-state index in [9.17, 15) is 18.3 Å². The van der Waals surface area contributed by atoms with Crippen LogP contribution in [0.3, 0.4) is 0 Å². The van der Waals surface area contributed by atoms with Crippen LogP contribution in [0.5, 0.6) is 0 Å². The summed E-state index contributed by atoms with van der Waals surface area (Å²) in [6.45, 7) is 4.02. The molecule has 0 radical (unpaired) electrons. The maximum Gasteiger partial charge on any atom is 0.490 e. The zero-order valence-electron chi connectivity index (χ0n) is 16.8. The van der Waals surface area contributed by atoms with Crippen molar-refractivity contribution in [3.05, 3.63) is 53.9 Å². The number of hydrogen-bond donors (Lipinski definition) is 3. The number of aromatic nitrogens is 2. The Kier molecular flexibility index (Phi) is 7.45. The van der Waals surface area contributed by atoms with Crippen molar-refractivity contribution in [1.29, 1.82) is 0 Å². The van der Waals surface area contributed by atoms with Crippen LogP contribution in [0.15, 0.2) is 42.6 Å². The second kappa shape index (κ2) is 10.1. The fourth-order valence-corrected chi connectivity index (χ4v) is 3.72. The number of aliphatic hydroxyl groups is 1. The molecule has 2 aromatic rings. The van der Waals surface area contributed by atoms with E-state index < -0.39 is 12.1 Å². The van der Waals surface area contributed by atoms with Crippen molar-refractivity contribution in [3.63, 3.8) is 0 Å². The van der Waals surface area contributed by atoms with Crippen LogP contribution < -0.4 is 10.2 Å². The molecule has 0 aliphatic carbocycles. The maximum atomic E-state index is 10.6. The average Bonchev–Trinajstić information content (AvgIpc) is 2.73. The lowest BCUT2D eigenvalue weighted by Gasteiger charge is -2.38. The summed E-state index contributed by atoms with van der Waals surface area (Å²) in [6.07, 6.45) is -2.24. The zero-order valence-corrected chi connectivity index (χ0v) is 16.8. The van der Waals surface area contributed by atoms with E-state index in [1.54, 1.807) is 0 Å². The largest absolute Gasteiger partial charge is 0.490 e. The smallest absolute Gasteiger partial charge is 0.475 e. The van der Waals surface area contributed by atoms with E-state index in [-0.39, 0.29) is 6.61 Å². The van der Waals surface area contributed by atoms with E-state index >= 15 is 0 Å². The number of carboxylic acids is 1. The van der Waals surface area contributed by atoms with Crippen LogP contribution >= 0.6 is 0 Å². The van der Waals surface area contributed by atoms with Crippen LogP contribution in [0.4, 0.5) is 19.1 Å². The van der Waals surface area contributed by atoms with Crippen LogP contribution in [0.2, 0.25) is 0 Å². The highest BCUT2D eigenvalue weighted by atomic mass is 19.4. The Morgan fingerprint density at radius 2 is 1.87 bits per heavy atom. The van der Waals surface area contributed by atoms with Crippen molar-refractivity contribution >= 4 is 11.9 Å². The molecule has 0 bridgehead atoms. The van der Waals surface area contributed by atoms with Gasteiger partial charge in [0, 0.05) is 50.8 Å². The number of anilines is 1. The Balaban J connectivity index is 0.000000339. The predicted octanol–water partition coefficient (Wildman–Crippen LogP) is 2.40. The summed E-state index contributed by atoms with van der Waals surface area (Å²) < 4.78 is 31.7. The second-order valence-corrected chi connectivity index (χ2v) is 7.63. The maximum absolute atomic E-state index is 10.6. The fourth-order valence-electron chi connectivity index (χ4n) is 3.72. The molecule has 0 spiro atoms. The molecule has 4 rings (SSSR count). The first-order valence-corrected chi connectivity index (χ1v) is 10.0. The van der Waals surface area contributed by atoms with Gasteiger partial charge in [-0.2, -0.15) is 13.2 Å². The summed E-state index contributed by atoms with van der Waals surface area (Å²) >= 11 is 0. The number of alkyl halides is 3. The molecule has 2 saturated heterocycles. The SMILES string of the molecule is O=C(O)C(F)(F)F.OCC1CCN(c2nccc(C3CNC3)n2)CC1c1ccccc1. The third-order valence-corrected chi connectivity index (χ3v) is 5.61. The van der Waals surface area contributed by atoms with Crippen LogP contribution in [0.25, 0.3) is 0 Å². The molecule has 0 saturated carbocycles. The van der Waals surface area contributed by atoms with Gasteiger partial charge in [0.05, 0.1) is 5.69 Å². The molecule has 2 unspecified atom stereocenters. The topological polar surface area (TPSA) is 98.6 Å². The Bertz CT molecular complexity index is 862. The second-order valence-electron chi connectivity index (χ2n) is 7.63. The summed E-state index contributed by atoms with van der Waals surface area (Å²) in [7, 11) is 0. The summed E-state index contributed by atoms with van der Waals surface area (Å²) in [6, 6.07) is 12.5. The number of piperidine rings is 1. The summed E-state index contributed by atoms with van der Waals surface area (Å²) in [4.78, 5) is 20.5. The highest BCUT2D eigenvalue weighted by molar-refractivity contribution is 5.73. The van der Waals surface area contributed by atoms with Crippen molar-refractivity contribution in [2.45, 2.75) is 24.4 Å². The molecule has 3 heterocycles. The number of aliphatic carboxylic acids is 1. The standard InChI is InChI=1S/C19H24N4O.C2HF3O2/c24-13-15-7-9-23(12-17(15)14-4-2-1-3-5-14)19-21-8-6-18(22-19)16-10-20-11-16;3-2(4,5)1(6)7/h1-6,8,15-17,20,24H,7,9-13H2;(H,6,7). The molecular formula is C21H25F3N4O3. The number of benzene rings is 1. The summed E-state index contributed by atoms with van der Waals surface area (Å²) in [5.74, 6) is -0.777. The van der Waals surface area contributed by atoms with Crippen LogP contribution in [-0.4, -0.2) is 65.1 Å². The quantitative estimate of drug-likeness (QED) is 0.674. The lowest BCUT2D eigenvalue weighted by Crippen LogP contribution is -2.42. The number of rotatable bonds is 4. The van der Waals surface area contributed by atoms with Crippen molar-refractivity contribution in [2.24, 2.45) is 5.92 Å². The lowest BCUT2D eigenvalue weighted by atomic mass is 9.81. The molecule has 31 heavy (non-hydrogen) atoms. The van der Waals surface area contributed by atoms with Crippen molar-refractivity contribution < 1.29 is 28.2 Å². The summed E-state index contributed by atoms with van der Waals surface area (Å²) in [5, 5.41) is 20.2. The normalized spacial score (nSPS) is 21.6. The van der Waals surface area contributed by atoms with Crippen molar-refractivity contribution in [3.8, 4) is 0 Å². The van der Waals surface area contributed by atoms with E-state index in [0.29, 0.717) is 17.8 Å². The minimum atomic E-state index is -5.08. The van der Waals surface area contributed by atoms with Crippen LogP contribution in [0, 0.1) is 5.92 Å². The Labute approximate surface area is 177 Å². The molecule has 3 N–H and O–H groups in total. The van der Waals surface area contributed by atoms with Gasteiger partial charge in [-0.25, -0.2) is 14.8 Å². The monoisotopic (exact) mass is 438 g/mol. The number of hydrogen-bond acceptors (Lipinski definition) is 6. The first-order valence-electron chi connectivity index (χ1n) is 10.0. The number of nitrogens with one attached hydrogen (secondary N) is 1. The van der Waals surface area contributed by atoms with Gasteiger partial charge in [0.1, 0.15) is 0 Å². The molecule has 2 aliphatic rings. The Hall–Kier alpha value is -2.72. The third-order valence-electron chi connectivity index (χ3n) is 5.61. The van der Waals surface area contributed by atoms with E-state index in [1.807, 2.05) is 18.3 Å². The van der Waals surface area contributed by atoms with Crippen molar-refractivity contribution in [2.75, 3.05) is 37.7 Å². The number of halogens is 3. The molecule has 2 atom stereocenters. The molecule has 1 aromatic heterocycles. The number of carbonyl (C=O) groups is 1.